The van der Waals surface area contributed by atoms with Crippen LogP contribution in [0.5, 0.6) is 5.75 Å². The van der Waals surface area contributed by atoms with Crippen molar-refractivity contribution in [3.05, 3.63) is 26.6 Å². The van der Waals surface area contributed by atoms with Gasteiger partial charge in [-0.3, -0.25) is 4.90 Å². The molecule has 1 unspecified atom stereocenters. The number of aromatic hydroxyl groups is 1. The molecule has 1 aromatic carbocycles. The molecule has 1 atom stereocenters. The third-order valence-corrected chi connectivity index (χ3v) is 4.29. The highest BCUT2D eigenvalue weighted by Gasteiger charge is 2.12. The standard InChI is InChI=1S/C13H19Br2NO/c1-4-9(3)16(5-2)8-10-6-11(14)13(17)12(15)7-10/h6-7,9,17H,4-5,8H2,1-3H3. The highest BCUT2D eigenvalue weighted by molar-refractivity contribution is 9.11. The molecule has 1 rings (SSSR count). The molecule has 0 aromatic heterocycles. The van der Waals surface area contributed by atoms with Crippen molar-refractivity contribution in [2.24, 2.45) is 0 Å². The number of benzene rings is 1. The van der Waals surface area contributed by atoms with E-state index in [2.05, 4.69) is 57.5 Å². The second-order valence-corrected chi connectivity index (χ2v) is 5.94. The van der Waals surface area contributed by atoms with E-state index in [1.165, 1.54) is 5.56 Å². The van der Waals surface area contributed by atoms with Crippen molar-refractivity contribution in [1.82, 2.24) is 4.90 Å². The number of nitrogens with zero attached hydrogens (tertiary/aromatic N) is 1. The Morgan fingerprint density at radius 1 is 1.24 bits per heavy atom. The van der Waals surface area contributed by atoms with E-state index >= 15 is 0 Å². The number of halogens is 2. The van der Waals surface area contributed by atoms with Gasteiger partial charge in [0.05, 0.1) is 8.95 Å². The Balaban J connectivity index is 2.87. The molecule has 2 nitrogen and oxygen atoms in total. The Morgan fingerprint density at radius 2 is 1.76 bits per heavy atom. The van der Waals surface area contributed by atoms with Gasteiger partial charge in [-0.1, -0.05) is 13.8 Å². The minimum absolute atomic E-state index is 0.264. The molecule has 0 amide bonds. The fourth-order valence-electron chi connectivity index (χ4n) is 1.78. The quantitative estimate of drug-likeness (QED) is 0.829. The number of hydrogen-bond donors (Lipinski definition) is 1. The van der Waals surface area contributed by atoms with Crippen LogP contribution in [-0.4, -0.2) is 22.6 Å². The minimum atomic E-state index is 0.264. The second kappa shape index (κ2) is 6.76. The maximum atomic E-state index is 9.67. The van der Waals surface area contributed by atoms with Gasteiger partial charge in [0.25, 0.3) is 0 Å². The van der Waals surface area contributed by atoms with E-state index in [0.29, 0.717) is 6.04 Å². The van der Waals surface area contributed by atoms with Crippen molar-refractivity contribution >= 4 is 31.9 Å². The van der Waals surface area contributed by atoms with Crippen molar-refractivity contribution in [2.75, 3.05) is 6.54 Å². The predicted octanol–water partition coefficient (Wildman–Crippen LogP) is 4.54. The highest BCUT2D eigenvalue weighted by atomic mass is 79.9. The molecule has 17 heavy (non-hydrogen) atoms. The smallest absolute Gasteiger partial charge is 0.143 e. The average molecular weight is 365 g/mol. The summed E-state index contributed by atoms with van der Waals surface area (Å²) in [6.45, 7) is 8.56. The first-order valence-electron chi connectivity index (χ1n) is 5.90. The van der Waals surface area contributed by atoms with Crippen molar-refractivity contribution in [3.8, 4) is 5.75 Å². The molecule has 1 N–H and O–H groups in total. The van der Waals surface area contributed by atoms with Crippen LogP contribution in [0, 0.1) is 0 Å². The minimum Gasteiger partial charge on any atom is -0.506 e. The first kappa shape index (κ1) is 15.0. The maximum Gasteiger partial charge on any atom is 0.143 e. The molecule has 0 bridgehead atoms. The number of hydrogen-bond acceptors (Lipinski definition) is 2. The summed E-state index contributed by atoms with van der Waals surface area (Å²) >= 11 is 6.73. The second-order valence-electron chi connectivity index (χ2n) is 4.23. The van der Waals surface area contributed by atoms with Gasteiger partial charge in [-0.05, 0) is 69.4 Å². The van der Waals surface area contributed by atoms with E-state index in [-0.39, 0.29) is 5.75 Å². The average Bonchev–Trinajstić information content (AvgIpc) is 2.31. The van der Waals surface area contributed by atoms with Gasteiger partial charge < -0.3 is 5.11 Å². The van der Waals surface area contributed by atoms with Gasteiger partial charge in [-0.25, -0.2) is 0 Å². The molecule has 0 heterocycles. The zero-order valence-corrected chi connectivity index (χ0v) is 13.7. The summed E-state index contributed by atoms with van der Waals surface area (Å²) in [5, 5.41) is 9.67. The summed E-state index contributed by atoms with van der Waals surface area (Å²) in [5.41, 5.74) is 1.20. The van der Waals surface area contributed by atoms with E-state index in [9.17, 15) is 5.11 Å². The maximum absolute atomic E-state index is 9.67. The Labute approximate surface area is 120 Å². The number of phenolic OH excluding ortho intramolecular Hbond substituents is 1. The SMILES string of the molecule is CCC(C)N(CC)Cc1cc(Br)c(O)c(Br)c1. The van der Waals surface area contributed by atoms with Crippen molar-refractivity contribution in [2.45, 2.75) is 39.8 Å². The highest BCUT2D eigenvalue weighted by Crippen LogP contribution is 2.33. The van der Waals surface area contributed by atoms with Gasteiger partial charge in [0.1, 0.15) is 5.75 Å². The van der Waals surface area contributed by atoms with Gasteiger partial charge >= 0.3 is 0 Å². The predicted molar refractivity (Wildman–Crippen MR) is 79.3 cm³/mol. The molecule has 1 aromatic rings. The molecule has 0 saturated heterocycles. The lowest BCUT2D eigenvalue weighted by Gasteiger charge is -2.27. The molecule has 0 aliphatic carbocycles. The molecule has 0 aliphatic heterocycles. The molecule has 0 fully saturated rings. The van der Waals surface area contributed by atoms with Crippen LogP contribution >= 0.6 is 31.9 Å². The van der Waals surface area contributed by atoms with Crippen molar-refractivity contribution in [3.63, 3.8) is 0 Å². The van der Waals surface area contributed by atoms with Crippen molar-refractivity contribution < 1.29 is 5.11 Å². The van der Waals surface area contributed by atoms with Crippen LogP contribution in [0.25, 0.3) is 0 Å². The normalized spacial score (nSPS) is 13.1. The van der Waals surface area contributed by atoms with Gasteiger partial charge in [0, 0.05) is 12.6 Å². The first-order valence-corrected chi connectivity index (χ1v) is 7.49. The van der Waals surface area contributed by atoms with Crippen LogP contribution in [0.1, 0.15) is 32.8 Å². The third kappa shape index (κ3) is 3.97. The lowest BCUT2D eigenvalue weighted by Crippen LogP contribution is -2.31. The molecule has 0 aliphatic rings. The van der Waals surface area contributed by atoms with Gasteiger partial charge in [0.15, 0.2) is 0 Å². The van der Waals surface area contributed by atoms with Crippen LogP contribution in [-0.2, 0) is 6.54 Å². The molecular formula is C13H19Br2NO. The fourth-order valence-corrected chi connectivity index (χ4v) is 3.06. The molecule has 4 heteroatoms. The van der Waals surface area contributed by atoms with Crippen LogP contribution in [0.2, 0.25) is 0 Å². The summed E-state index contributed by atoms with van der Waals surface area (Å²) in [5.74, 6) is 0.264. The number of rotatable bonds is 5. The fraction of sp³-hybridized carbons (Fsp3) is 0.538. The topological polar surface area (TPSA) is 23.5 Å². The molecule has 96 valence electrons. The van der Waals surface area contributed by atoms with E-state index in [4.69, 9.17) is 0 Å². The molecular weight excluding hydrogens is 346 g/mol. The summed E-state index contributed by atoms with van der Waals surface area (Å²) in [6.07, 6.45) is 1.15. The summed E-state index contributed by atoms with van der Waals surface area (Å²) < 4.78 is 1.48. The van der Waals surface area contributed by atoms with Crippen molar-refractivity contribution in [1.29, 1.82) is 0 Å². The Hall–Kier alpha value is -0.0600. The monoisotopic (exact) mass is 363 g/mol. The van der Waals surface area contributed by atoms with E-state index in [1.807, 2.05) is 12.1 Å². The summed E-state index contributed by atoms with van der Waals surface area (Å²) in [6, 6.07) is 4.53. The lowest BCUT2D eigenvalue weighted by atomic mass is 10.1. The molecule has 0 spiro atoms. The molecule has 0 saturated carbocycles. The first-order chi connectivity index (χ1) is 7.99. The molecule has 0 radical (unpaired) electrons. The largest absolute Gasteiger partial charge is 0.506 e. The van der Waals surface area contributed by atoms with Crippen LogP contribution in [0.3, 0.4) is 0 Å². The Kier molecular flexibility index (Phi) is 5.97. The van der Waals surface area contributed by atoms with Gasteiger partial charge in [0.2, 0.25) is 0 Å². The Morgan fingerprint density at radius 3 is 2.18 bits per heavy atom. The van der Waals surface area contributed by atoms with Crippen LogP contribution in [0.4, 0.5) is 0 Å². The Bertz CT molecular complexity index is 359. The lowest BCUT2D eigenvalue weighted by molar-refractivity contribution is 0.206. The zero-order chi connectivity index (χ0) is 13.0. The van der Waals surface area contributed by atoms with E-state index in [0.717, 1.165) is 28.5 Å². The van der Waals surface area contributed by atoms with Crippen LogP contribution in [0.15, 0.2) is 21.1 Å². The zero-order valence-electron chi connectivity index (χ0n) is 10.5. The van der Waals surface area contributed by atoms with Gasteiger partial charge in [-0.2, -0.15) is 0 Å². The van der Waals surface area contributed by atoms with Gasteiger partial charge in [-0.15, -0.1) is 0 Å². The summed E-state index contributed by atoms with van der Waals surface area (Å²) in [4.78, 5) is 2.42. The summed E-state index contributed by atoms with van der Waals surface area (Å²) in [7, 11) is 0. The third-order valence-electron chi connectivity index (χ3n) is 3.08. The van der Waals surface area contributed by atoms with E-state index < -0.39 is 0 Å². The van der Waals surface area contributed by atoms with E-state index in [1.54, 1.807) is 0 Å². The van der Waals surface area contributed by atoms with Crippen LogP contribution < -0.4 is 0 Å². The number of phenols is 1.